The van der Waals surface area contributed by atoms with Gasteiger partial charge in [-0.3, -0.25) is 5.32 Å². The van der Waals surface area contributed by atoms with E-state index in [1.54, 1.807) is 23.6 Å². The fourth-order valence-electron chi connectivity index (χ4n) is 2.83. The maximum Gasteiger partial charge on any atom is 0.321 e. The van der Waals surface area contributed by atoms with Gasteiger partial charge in [-0.2, -0.15) is 0 Å². The van der Waals surface area contributed by atoms with Crippen molar-refractivity contribution in [2.45, 2.75) is 25.4 Å². The van der Waals surface area contributed by atoms with Gasteiger partial charge in [0.25, 0.3) is 0 Å². The van der Waals surface area contributed by atoms with Crippen LogP contribution in [0.15, 0.2) is 40.5 Å². The van der Waals surface area contributed by atoms with E-state index >= 15 is 0 Å². The maximum atomic E-state index is 12.2. The number of amides is 2. The predicted molar refractivity (Wildman–Crippen MR) is 86.3 cm³/mol. The largest absolute Gasteiger partial charge is 0.353 e. The average molecular weight is 329 g/mol. The Balaban J connectivity index is 1.41. The zero-order valence-electron chi connectivity index (χ0n) is 12.4. The van der Waals surface area contributed by atoms with E-state index in [4.69, 9.17) is 4.52 Å². The molecule has 4 rings (SSSR count). The fourth-order valence-corrected chi connectivity index (χ4v) is 3.50. The monoisotopic (exact) mass is 329 g/mol. The molecule has 2 N–H and O–H groups in total. The summed E-state index contributed by atoms with van der Waals surface area (Å²) in [7, 11) is 0. The van der Waals surface area contributed by atoms with Crippen molar-refractivity contribution in [2.75, 3.05) is 5.32 Å². The molecule has 23 heavy (non-hydrogen) atoms. The molecule has 1 aliphatic heterocycles. The third-order valence-electron chi connectivity index (χ3n) is 3.88. The number of nitrogens with one attached hydrogen (secondary N) is 2. The Morgan fingerprint density at radius 3 is 3.26 bits per heavy atom. The molecular weight excluding hydrogens is 314 g/mol. The van der Waals surface area contributed by atoms with Gasteiger partial charge in [0, 0.05) is 24.5 Å². The van der Waals surface area contributed by atoms with Gasteiger partial charge in [0.2, 0.25) is 0 Å². The van der Waals surface area contributed by atoms with Gasteiger partial charge in [-0.1, -0.05) is 11.2 Å². The number of aromatic nitrogens is 3. The maximum absolute atomic E-state index is 12.2. The lowest BCUT2D eigenvalue weighted by molar-refractivity contribution is 0.247. The molecule has 3 aromatic rings. The number of nitrogens with zero attached hydrogens (tertiary/aromatic N) is 3. The molecule has 118 valence electrons. The van der Waals surface area contributed by atoms with Crippen LogP contribution in [0.25, 0.3) is 10.6 Å². The number of thiophene rings is 1. The van der Waals surface area contributed by atoms with Crippen molar-refractivity contribution >= 4 is 23.2 Å². The van der Waals surface area contributed by atoms with Crippen LogP contribution < -0.4 is 10.6 Å². The summed E-state index contributed by atoms with van der Waals surface area (Å²) in [6.07, 6.45) is 4.52. The molecule has 0 spiro atoms. The molecule has 0 bridgehead atoms. The van der Waals surface area contributed by atoms with Crippen molar-refractivity contribution in [3.05, 3.63) is 41.8 Å². The summed E-state index contributed by atoms with van der Waals surface area (Å²) in [6.45, 7) is 2.11. The molecule has 2 unspecified atom stereocenters. The topological polar surface area (TPSA) is 85.0 Å². The summed E-state index contributed by atoms with van der Waals surface area (Å²) < 4.78 is 7.32. The van der Waals surface area contributed by atoms with E-state index in [-0.39, 0.29) is 12.1 Å². The lowest BCUT2D eigenvalue weighted by Crippen LogP contribution is -2.32. The first kappa shape index (κ1) is 14.0. The first-order valence-electron chi connectivity index (χ1n) is 7.31. The second-order valence-corrected chi connectivity index (χ2v) is 6.43. The van der Waals surface area contributed by atoms with Gasteiger partial charge in [-0.15, -0.1) is 11.3 Å². The summed E-state index contributed by atoms with van der Waals surface area (Å²) in [5, 5.41) is 11.5. The van der Waals surface area contributed by atoms with Gasteiger partial charge in [0.05, 0.1) is 10.9 Å². The van der Waals surface area contributed by atoms with E-state index in [1.807, 2.05) is 23.7 Å². The predicted octanol–water partition coefficient (Wildman–Crippen LogP) is 3.43. The summed E-state index contributed by atoms with van der Waals surface area (Å²) in [5.74, 6) is 1.91. The number of imidazole rings is 1. The molecule has 2 atom stereocenters. The van der Waals surface area contributed by atoms with E-state index in [9.17, 15) is 4.79 Å². The Hall–Kier alpha value is -2.61. The molecule has 0 aliphatic carbocycles. The molecule has 7 nitrogen and oxygen atoms in total. The van der Waals surface area contributed by atoms with Crippen LogP contribution in [0.4, 0.5) is 10.6 Å². The van der Waals surface area contributed by atoms with Crippen LogP contribution in [0, 0.1) is 0 Å². The Morgan fingerprint density at radius 2 is 2.43 bits per heavy atom. The Labute approximate surface area is 136 Å². The van der Waals surface area contributed by atoms with E-state index < -0.39 is 0 Å². The highest BCUT2D eigenvalue weighted by Crippen LogP contribution is 2.32. The second kappa shape index (κ2) is 5.54. The lowest BCUT2D eigenvalue weighted by atomic mass is 10.2. The van der Waals surface area contributed by atoms with Gasteiger partial charge >= 0.3 is 6.03 Å². The molecule has 1 aliphatic rings. The average Bonchev–Trinajstić information content (AvgIpc) is 3.27. The van der Waals surface area contributed by atoms with E-state index in [0.29, 0.717) is 17.6 Å². The third kappa shape index (κ3) is 2.61. The molecule has 3 aromatic heterocycles. The number of anilines is 1. The Morgan fingerprint density at radius 1 is 1.52 bits per heavy atom. The Kier molecular flexibility index (Phi) is 3.38. The Bertz CT molecular complexity index is 823. The van der Waals surface area contributed by atoms with Gasteiger partial charge < -0.3 is 14.4 Å². The van der Waals surface area contributed by atoms with Crippen molar-refractivity contribution in [1.82, 2.24) is 20.0 Å². The van der Waals surface area contributed by atoms with Crippen LogP contribution in [0.5, 0.6) is 0 Å². The minimum atomic E-state index is -0.315. The number of rotatable bonds is 3. The number of carbonyl (C=O) groups excluding carboxylic acids is 1. The van der Waals surface area contributed by atoms with Crippen molar-refractivity contribution in [1.29, 1.82) is 0 Å². The number of carbonyl (C=O) groups is 1. The summed E-state index contributed by atoms with van der Waals surface area (Å²) >= 11 is 1.55. The highest BCUT2D eigenvalue weighted by molar-refractivity contribution is 7.13. The SMILES string of the molecule is CC1CC(NC(=O)Nc2cc(-c3cccs3)on2)c2nccn21. The molecule has 0 radical (unpaired) electrons. The highest BCUT2D eigenvalue weighted by atomic mass is 32.1. The van der Waals surface area contributed by atoms with Crippen LogP contribution in [0.2, 0.25) is 0 Å². The number of urea groups is 1. The standard InChI is InChI=1S/C15H15N5O2S/c1-9-7-10(14-16-4-5-20(9)14)17-15(21)18-13-8-11(22-19-13)12-3-2-6-23-12/h2-6,8-10H,7H2,1H3,(H2,17,18,19,21). The molecule has 0 saturated carbocycles. The quantitative estimate of drug-likeness (QED) is 0.771. The van der Waals surface area contributed by atoms with Crippen LogP contribution in [0.3, 0.4) is 0 Å². The zero-order chi connectivity index (χ0) is 15.8. The summed E-state index contributed by atoms with van der Waals surface area (Å²) in [6, 6.07) is 5.51. The van der Waals surface area contributed by atoms with E-state index in [1.165, 1.54) is 0 Å². The number of fused-ring (bicyclic) bond motifs is 1. The molecule has 8 heteroatoms. The van der Waals surface area contributed by atoms with Gasteiger partial charge in [0.15, 0.2) is 11.6 Å². The minimum Gasteiger partial charge on any atom is -0.353 e. The van der Waals surface area contributed by atoms with E-state index in [2.05, 4.69) is 32.3 Å². The van der Waals surface area contributed by atoms with Gasteiger partial charge in [-0.05, 0) is 24.8 Å². The van der Waals surface area contributed by atoms with E-state index in [0.717, 1.165) is 17.1 Å². The number of hydrogen-bond donors (Lipinski definition) is 2. The number of hydrogen-bond acceptors (Lipinski definition) is 5. The molecule has 0 saturated heterocycles. The third-order valence-corrected chi connectivity index (χ3v) is 4.77. The first-order chi connectivity index (χ1) is 11.2. The molecule has 2 amide bonds. The van der Waals surface area contributed by atoms with Crippen molar-refractivity contribution < 1.29 is 9.32 Å². The van der Waals surface area contributed by atoms with Crippen LogP contribution >= 0.6 is 11.3 Å². The molecule has 0 fully saturated rings. The summed E-state index contributed by atoms with van der Waals surface area (Å²) in [4.78, 5) is 17.4. The van der Waals surface area contributed by atoms with Gasteiger partial charge in [-0.25, -0.2) is 9.78 Å². The van der Waals surface area contributed by atoms with Crippen molar-refractivity contribution in [3.63, 3.8) is 0 Å². The first-order valence-corrected chi connectivity index (χ1v) is 8.19. The van der Waals surface area contributed by atoms with Crippen molar-refractivity contribution in [3.8, 4) is 10.6 Å². The normalized spacial score (nSPS) is 19.5. The fraction of sp³-hybridized carbons (Fsp3) is 0.267. The van der Waals surface area contributed by atoms with Crippen LogP contribution in [0.1, 0.15) is 31.3 Å². The van der Waals surface area contributed by atoms with Crippen LogP contribution in [-0.4, -0.2) is 20.7 Å². The highest BCUT2D eigenvalue weighted by Gasteiger charge is 2.30. The second-order valence-electron chi connectivity index (χ2n) is 5.48. The van der Waals surface area contributed by atoms with Crippen LogP contribution in [-0.2, 0) is 0 Å². The van der Waals surface area contributed by atoms with Crippen molar-refractivity contribution in [2.24, 2.45) is 0 Å². The molecular formula is C15H15N5O2S. The lowest BCUT2D eigenvalue weighted by Gasteiger charge is -2.11. The minimum absolute atomic E-state index is 0.0938. The zero-order valence-corrected chi connectivity index (χ0v) is 13.2. The van der Waals surface area contributed by atoms with Gasteiger partial charge in [0.1, 0.15) is 5.82 Å². The smallest absolute Gasteiger partial charge is 0.321 e. The summed E-state index contributed by atoms with van der Waals surface area (Å²) in [5.41, 5.74) is 0. The molecule has 4 heterocycles. The molecule has 0 aromatic carbocycles.